The summed E-state index contributed by atoms with van der Waals surface area (Å²) in [6.07, 6.45) is 0.121. The summed E-state index contributed by atoms with van der Waals surface area (Å²) in [4.78, 5) is 49.6. The Bertz CT molecular complexity index is 1340. The molecule has 1 saturated heterocycles. The van der Waals surface area contributed by atoms with E-state index in [4.69, 9.17) is 19.9 Å². The van der Waals surface area contributed by atoms with Gasteiger partial charge in [-0.15, -0.1) is 0 Å². The molecule has 16 nitrogen and oxygen atoms in total. The van der Waals surface area contributed by atoms with E-state index in [-0.39, 0.29) is 32.3 Å². The molecular weight excluding hydrogens is 480 g/mol. The van der Waals surface area contributed by atoms with Crippen molar-refractivity contribution in [3.05, 3.63) is 45.3 Å². The average molecular weight is 506 g/mol. The van der Waals surface area contributed by atoms with E-state index in [0.29, 0.717) is 16.7 Å². The predicted molar refractivity (Wildman–Crippen MR) is 121 cm³/mol. The van der Waals surface area contributed by atoms with Gasteiger partial charge in [-0.25, -0.2) is 19.7 Å². The highest BCUT2D eigenvalue weighted by Gasteiger charge is 2.46. The van der Waals surface area contributed by atoms with E-state index < -0.39 is 48.3 Å². The van der Waals surface area contributed by atoms with E-state index >= 15 is 0 Å². The van der Waals surface area contributed by atoms with Gasteiger partial charge in [0.05, 0.1) is 19.5 Å². The number of imidazole rings is 1. The number of hydrogen-bond donors (Lipinski definition) is 5. The Morgan fingerprint density at radius 2 is 2.14 bits per heavy atom. The first-order chi connectivity index (χ1) is 17.3. The lowest BCUT2D eigenvalue weighted by Crippen LogP contribution is -2.38. The molecule has 1 amide bonds. The molecular formula is C20H26N8O8. The second kappa shape index (κ2) is 10.9. The molecule has 0 radical (unpaired) electrons. The average Bonchev–Trinajstić information content (AvgIpc) is 3.41. The summed E-state index contributed by atoms with van der Waals surface area (Å²) >= 11 is 0. The molecule has 4 atom stereocenters. The van der Waals surface area contributed by atoms with Crippen LogP contribution in [0.25, 0.3) is 11.2 Å². The van der Waals surface area contributed by atoms with Crippen molar-refractivity contribution in [2.24, 2.45) is 0 Å². The molecule has 0 aromatic carbocycles. The summed E-state index contributed by atoms with van der Waals surface area (Å²) < 4.78 is 19.4. The van der Waals surface area contributed by atoms with Gasteiger partial charge < -0.3 is 35.5 Å². The monoisotopic (exact) mass is 506 g/mol. The van der Waals surface area contributed by atoms with Gasteiger partial charge in [0.2, 0.25) is 5.91 Å². The number of aliphatic hydroxyl groups excluding tert-OH is 2. The maximum Gasteiger partial charge on any atom is 0.328 e. The molecule has 6 N–H and O–H groups in total. The van der Waals surface area contributed by atoms with Crippen LogP contribution < -0.4 is 22.3 Å². The predicted octanol–water partition coefficient (Wildman–Crippen LogP) is -3.01. The zero-order chi connectivity index (χ0) is 25.8. The van der Waals surface area contributed by atoms with Crippen molar-refractivity contribution in [3.8, 4) is 0 Å². The minimum absolute atomic E-state index is 0.0703. The molecule has 3 aromatic rings. The zero-order valence-corrected chi connectivity index (χ0v) is 19.2. The topological polar surface area (TPSA) is 222 Å². The van der Waals surface area contributed by atoms with Crippen molar-refractivity contribution < 1.29 is 29.2 Å². The van der Waals surface area contributed by atoms with E-state index in [0.717, 1.165) is 4.57 Å². The maximum absolute atomic E-state index is 12.1. The summed E-state index contributed by atoms with van der Waals surface area (Å²) in [6.45, 7) is 0.757. The number of carbonyl (C=O) groups excluding carboxylic acids is 1. The van der Waals surface area contributed by atoms with Gasteiger partial charge >= 0.3 is 5.69 Å². The fraction of sp³-hybridized carbons (Fsp3) is 0.500. The summed E-state index contributed by atoms with van der Waals surface area (Å²) in [6, 6.07) is 0. The summed E-state index contributed by atoms with van der Waals surface area (Å²) in [5.41, 5.74) is 5.67. The van der Waals surface area contributed by atoms with Crippen molar-refractivity contribution in [3.63, 3.8) is 0 Å². The van der Waals surface area contributed by atoms with Crippen molar-refractivity contribution in [1.82, 2.24) is 34.4 Å². The second-order valence-electron chi connectivity index (χ2n) is 8.03. The molecule has 4 heterocycles. The van der Waals surface area contributed by atoms with Crippen molar-refractivity contribution >= 4 is 22.9 Å². The quantitative estimate of drug-likeness (QED) is 0.137. The number of fused-ring (bicyclic) bond motifs is 1. The number of hydrogen-bond acceptors (Lipinski definition) is 12. The SMILES string of the molecule is Cc1cn(CC(=O)NCCOCO[C@@H]2[C@H](O)[C@@H](CO)O[C@H]2n2cnc3c(N)ncnc32)c(=O)[nH]c1=O. The van der Waals surface area contributed by atoms with Gasteiger partial charge in [-0.2, -0.15) is 0 Å². The van der Waals surface area contributed by atoms with Crippen LogP contribution in [-0.2, 0) is 25.5 Å². The first-order valence-electron chi connectivity index (χ1n) is 10.9. The Hall–Kier alpha value is -3.70. The fourth-order valence-electron chi connectivity index (χ4n) is 3.72. The Morgan fingerprint density at radius 1 is 1.33 bits per heavy atom. The van der Waals surface area contributed by atoms with E-state index in [1.54, 1.807) is 0 Å². The molecule has 1 aliphatic heterocycles. The van der Waals surface area contributed by atoms with Crippen molar-refractivity contribution in [2.75, 3.05) is 32.3 Å². The molecule has 1 fully saturated rings. The number of H-pyrrole nitrogens is 1. The largest absolute Gasteiger partial charge is 0.394 e. The second-order valence-corrected chi connectivity index (χ2v) is 8.03. The van der Waals surface area contributed by atoms with Crippen LogP contribution >= 0.6 is 0 Å². The van der Waals surface area contributed by atoms with Crippen molar-refractivity contribution in [1.29, 1.82) is 0 Å². The number of aliphatic hydroxyl groups is 2. The highest BCUT2D eigenvalue weighted by Crippen LogP contribution is 2.33. The van der Waals surface area contributed by atoms with Crippen LogP contribution in [0.1, 0.15) is 11.8 Å². The molecule has 3 aromatic heterocycles. The van der Waals surface area contributed by atoms with Gasteiger partial charge in [-0.05, 0) is 6.92 Å². The molecule has 1 aliphatic rings. The van der Waals surface area contributed by atoms with Gasteiger partial charge in [-0.3, -0.25) is 23.7 Å². The first-order valence-corrected chi connectivity index (χ1v) is 10.9. The highest BCUT2D eigenvalue weighted by atomic mass is 16.7. The van der Waals surface area contributed by atoms with Crippen LogP contribution in [0.4, 0.5) is 5.82 Å². The van der Waals surface area contributed by atoms with Crippen molar-refractivity contribution in [2.45, 2.75) is 38.0 Å². The van der Waals surface area contributed by atoms with E-state index in [1.807, 2.05) is 0 Å². The Kier molecular flexibility index (Phi) is 7.70. The third-order valence-corrected chi connectivity index (χ3v) is 5.57. The van der Waals surface area contributed by atoms with Gasteiger partial charge in [0.1, 0.15) is 43.5 Å². The molecule has 36 heavy (non-hydrogen) atoms. The molecule has 194 valence electrons. The molecule has 0 saturated carbocycles. The number of aromatic amines is 1. The number of rotatable bonds is 10. The van der Waals surface area contributed by atoms with Gasteiger partial charge in [0, 0.05) is 18.3 Å². The number of aryl methyl sites for hydroxylation is 1. The minimum atomic E-state index is -1.17. The first kappa shape index (κ1) is 25.4. The van der Waals surface area contributed by atoms with Crippen LogP contribution in [0.5, 0.6) is 0 Å². The van der Waals surface area contributed by atoms with Crippen LogP contribution in [0.15, 0.2) is 28.4 Å². The Morgan fingerprint density at radius 3 is 2.92 bits per heavy atom. The lowest BCUT2D eigenvalue weighted by Gasteiger charge is -2.22. The molecule has 0 bridgehead atoms. The lowest BCUT2D eigenvalue weighted by atomic mass is 10.1. The third-order valence-electron chi connectivity index (χ3n) is 5.57. The van der Waals surface area contributed by atoms with E-state index in [1.165, 1.54) is 30.3 Å². The standard InChI is InChI=1S/C20H26N8O8/c1-10-4-27(20(33)26-18(10)32)5-12(30)22-2-3-34-9-35-15-14(31)11(6-29)36-19(15)28-8-25-13-16(21)23-7-24-17(13)28/h4,7-8,11,14-15,19,29,31H,2-3,5-6,9H2,1H3,(H,22,30)(H2,21,23,24)(H,26,32,33)/t11-,14-,15-,19-/m1/s1. The van der Waals surface area contributed by atoms with Gasteiger partial charge in [0.25, 0.3) is 5.56 Å². The molecule has 4 rings (SSSR count). The number of anilines is 1. The Balaban J connectivity index is 1.28. The number of nitrogens with two attached hydrogens (primary N) is 1. The number of nitrogens with zero attached hydrogens (tertiary/aromatic N) is 5. The number of nitrogens with one attached hydrogen (secondary N) is 2. The van der Waals surface area contributed by atoms with Gasteiger partial charge in [-0.1, -0.05) is 0 Å². The summed E-state index contributed by atoms with van der Waals surface area (Å²) in [7, 11) is 0. The van der Waals surface area contributed by atoms with Crippen LogP contribution in [0.2, 0.25) is 0 Å². The fourth-order valence-corrected chi connectivity index (χ4v) is 3.72. The third kappa shape index (κ3) is 5.26. The number of ether oxygens (including phenoxy) is 3. The molecule has 16 heteroatoms. The molecule has 0 unspecified atom stereocenters. The van der Waals surface area contributed by atoms with Crippen LogP contribution in [0, 0.1) is 6.92 Å². The number of amides is 1. The van der Waals surface area contributed by atoms with E-state index in [9.17, 15) is 24.6 Å². The summed E-state index contributed by atoms with van der Waals surface area (Å²) in [5.74, 6) is -0.272. The number of carbonyl (C=O) groups is 1. The van der Waals surface area contributed by atoms with Gasteiger partial charge in [0.15, 0.2) is 17.7 Å². The van der Waals surface area contributed by atoms with Crippen LogP contribution in [0.3, 0.4) is 0 Å². The number of nitrogen functional groups attached to an aromatic ring is 1. The maximum atomic E-state index is 12.1. The zero-order valence-electron chi connectivity index (χ0n) is 19.2. The van der Waals surface area contributed by atoms with Crippen LogP contribution in [-0.4, -0.2) is 90.1 Å². The molecule has 0 spiro atoms. The Labute approximate surface area is 202 Å². The highest BCUT2D eigenvalue weighted by molar-refractivity contribution is 5.81. The normalized spacial score (nSPS) is 21.8. The molecule has 0 aliphatic carbocycles. The smallest absolute Gasteiger partial charge is 0.328 e. The lowest BCUT2D eigenvalue weighted by molar-refractivity contribution is -0.139. The minimum Gasteiger partial charge on any atom is -0.394 e. The number of aromatic nitrogens is 6. The van der Waals surface area contributed by atoms with E-state index in [2.05, 4.69) is 25.3 Å². The summed E-state index contributed by atoms with van der Waals surface area (Å²) in [5, 5.41) is 22.7.